The van der Waals surface area contributed by atoms with Gasteiger partial charge in [0.2, 0.25) is 0 Å². The molecule has 24 nitrogen and oxygen atoms in total. The number of carboxylic acids is 1. The van der Waals surface area contributed by atoms with Crippen LogP contribution in [0, 0.1) is 11.3 Å². The molecule has 1 atom stereocenters. The standard InChI is InChI=1S/C14H20N2O2Si.C14H24N2OSi.2C14H22N2OSi.C14H20N2OSi.C13H21BrN2Si.2CH4.B.ClO2.3Na.HO4P.2H/c1-14(2,3)19(4,5)16-7-6-10-8-11(13(17)18)9-15-12(10)16;4*1-14(2,3)18(4,5)16-7-6-12-8-11(10-17)9-15-13(12)16;1-13(2,3)17(4,5)16-7-6-10-8-11(14)9-15-12(10)16;;;;2-1-3;;;;1-4-5(2)3;;/h6-9H,1-5H3,(H,17,18);8-9,17H,6-7,10H2,1-5H3;8-10H,6-7H2,1-5H3;6-9,17H,10H2,1-5H3;6-10H,1-5H3;8-9H,6-7H2,1-5H3;2*1H4;;;;;;1H;;/q;;;;;;;;;-1;3*+1;;2*-1. The van der Waals surface area contributed by atoms with E-state index in [2.05, 4.69) is 317 Å². The molecule has 3 aliphatic rings. The maximum atomic E-state index is 11.0. The summed E-state index contributed by atoms with van der Waals surface area (Å²) < 4.78 is 43.8. The van der Waals surface area contributed by atoms with Crippen molar-refractivity contribution in [2.24, 2.45) is 0 Å². The third-order valence-electron chi connectivity index (χ3n) is 25.9. The summed E-state index contributed by atoms with van der Waals surface area (Å²) in [5, 5.41) is 39.2. The topological polar surface area (TPSA) is 329 Å². The molecule has 0 aliphatic carbocycles. The molecule has 0 aromatic carbocycles. The van der Waals surface area contributed by atoms with E-state index in [-0.39, 0.29) is 149 Å². The van der Waals surface area contributed by atoms with E-state index in [1.54, 1.807) is 24.7 Å². The summed E-state index contributed by atoms with van der Waals surface area (Å²) in [6.07, 6.45) is 21.5. The van der Waals surface area contributed by atoms with Crippen LogP contribution in [0.15, 0.2) is 115 Å². The quantitative estimate of drug-likeness (QED) is 0.0290. The second-order valence-electron chi connectivity index (χ2n) is 39.1. The molecule has 0 saturated heterocycles. The number of halogens is 2. The molecule has 0 bridgehead atoms. The van der Waals surface area contributed by atoms with Crippen LogP contribution in [0.2, 0.25) is 109 Å². The number of aldehydes is 2. The van der Waals surface area contributed by atoms with Crippen LogP contribution >= 0.6 is 24.2 Å². The Hall–Kier alpha value is -3.31. The molecule has 9 aromatic heterocycles. The molecule has 9 aromatic rings. The van der Waals surface area contributed by atoms with Gasteiger partial charge >= 0.3 is 103 Å². The molecule has 1 unspecified atom stereocenters. The number of aromatic nitrogens is 9. The Labute approximate surface area is 819 Å². The van der Waals surface area contributed by atoms with Crippen molar-refractivity contribution in [3.05, 3.63) is 159 Å². The number of aliphatic hydroxyl groups is 2. The van der Waals surface area contributed by atoms with Gasteiger partial charge < -0.3 is 58.8 Å². The molecule has 12 rings (SSSR count). The van der Waals surface area contributed by atoms with Crippen LogP contribution in [-0.4, -0.2) is 159 Å². The van der Waals surface area contributed by atoms with E-state index in [0.29, 0.717) is 26.2 Å². The van der Waals surface area contributed by atoms with E-state index < -0.39 is 75.0 Å². The molecule has 12 heterocycles. The third kappa shape index (κ3) is 28.8. The van der Waals surface area contributed by atoms with Crippen molar-refractivity contribution < 1.29 is 161 Å². The first-order valence-electron chi connectivity index (χ1n) is 39.2. The maximum absolute atomic E-state index is 11.0. The molecule has 0 fully saturated rings. The number of hydrogen-bond donors (Lipinski definition) is 4. The van der Waals surface area contributed by atoms with Gasteiger partial charge in [0.25, 0.3) is 0 Å². The predicted octanol–water partition coefficient (Wildman–Crippen LogP) is 10.3. The van der Waals surface area contributed by atoms with Crippen LogP contribution in [0.4, 0.5) is 17.5 Å². The number of carbonyl (C=O) groups excluding carboxylic acids is 2. The SMILES string of the molecule is C.C.CC(C)(C)[Si](C)(C)N1CCc2cc(Br)cnc21.CC(C)(C)[Si](C)(C)N1CCc2cc(C=O)cnc21.CC(C)(C)[Si](C)(C)N1CCc2cc(CO)cnc21.CC(C)(C)[Si](C)(C)n1ccc2cc(C(=O)O)cnc21.CC(C)(C)[Si](C)(C)n1ccc2cc(C=O)cnc21.CC(C)(C)[Si](C)(C)n1ccc2cc(CO)cnc21.O=[P+]([O-])OO.[B].[H-].[H-].[Na+].[Na+].[Na+].[O-][Cl+][O-]. The number of pyridine rings is 6. The number of aromatic carboxylic acids is 1. The molecule has 4 N–H and O–H groups in total. The van der Waals surface area contributed by atoms with Crippen LogP contribution in [0.5, 0.6) is 0 Å². The number of anilines is 3. The normalized spacial score (nSPS) is 13.4. The molecule has 0 spiro atoms. The summed E-state index contributed by atoms with van der Waals surface area (Å²) in [6, 6.07) is 18.0. The Kier molecular flexibility index (Phi) is 47.5. The number of aliphatic hydroxyl groups excluding tert-OH is 2. The number of hydrogen-bond acceptors (Lipinski definition) is 20. The number of carbonyl (C=O) groups is 3. The monoisotopic (exact) mass is 1910 g/mol. The number of nitrogens with zero attached hydrogens (tertiary/aromatic N) is 12. The fourth-order valence-corrected chi connectivity index (χ4v) is 25.4. The third-order valence-corrected chi connectivity index (χ3v) is 58.5. The van der Waals surface area contributed by atoms with E-state index >= 15 is 0 Å². The van der Waals surface area contributed by atoms with E-state index in [0.717, 1.165) is 112 Å². The van der Waals surface area contributed by atoms with Gasteiger partial charge in [-0.1, -0.05) is 218 Å². The van der Waals surface area contributed by atoms with Gasteiger partial charge in [-0.05, 0) is 171 Å². The van der Waals surface area contributed by atoms with Crippen molar-refractivity contribution in [2.75, 3.05) is 33.3 Å². The molecule has 122 heavy (non-hydrogen) atoms. The Balaban J connectivity index is -0.000000675. The van der Waals surface area contributed by atoms with Crippen molar-refractivity contribution in [1.29, 1.82) is 0 Å². The fourth-order valence-electron chi connectivity index (χ4n) is 12.7. The van der Waals surface area contributed by atoms with Crippen molar-refractivity contribution in [3.8, 4) is 0 Å². The zero-order valence-electron chi connectivity index (χ0n) is 79.9. The van der Waals surface area contributed by atoms with Gasteiger partial charge in [-0.25, -0.2) is 40.0 Å². The van der Waals surface area contributed by atoms with Crippen molar-refractivity contribution in [2.45, 2.75) is 281 Å². The van der Waals surface area contributed by atoms with Crippen LogP contribution < -0.4 is 117 Å². The molecule has 37 heteroatoms. The summed E-state index contributed by atoms with van der Waals surface area (Å²) in [5.74, 6) is 2.54. The van der Waals surface area contributed by atoms with Crippen LogP contribution in [0.25, 0.3) is 33.1 Å². The summed E-state index contributed by atoms with van der Waals surface area (Å²) in [6.45, 7) is 73.5. The minimum Gasteiger partial charge on any atom is -1.00 e. The Morgan fingerprint density at radius 1 is 0.475 bits per heavy atom. The average molecular weight is 1920 g/mol. The van der Waals surface area contributed by atoms with Crippen LogP contribution in [0.3, 0.4) is 0 Å². The summed E-state index contributed by atoms with van der Waals surface area (Å²) in [7, 11) is -12.7. The summed E-state index contributed by atoms with van der Waals surface area (Å²) in [5.41, 5.74) is 10.2. The van der Waals surface area contributed by atoms with E-state index in [1.165, 1.54) is 28.7 Å². The molecule has 0 saturated carbocycles. The average Bonchev–Trinajstić information content (AvgIpc) is 1.64. The molecule has 0 amide bonds. The van der Waals surface area contributed by atoms with Crippen LogP contribution in [0.1, 0.15) is 201 Å². The molecule has 661 valence electrons. The first-order valence-corrected chi connectivity index (χ1v) is 59.4. The van der Waals surface area contributed by atoms with Gasteiger partial charge in [-0.2, -0.15) is 0 Å². The Bertz CT molecular complexity index is 4910. The first-order chi connectivity index (χ1) is 53.1. The first kappa shape index (κ1) is 121. The second kappa shape index (κ2) is 48.0. The van der Waals surface area contributed by atoms with Gasteiger partial charge in [0, 0.05) is 102 Å². The summed E-state index contributed by atoms with van der Waals surface area (Å²) in [4.78, 5) is 68.6. The largest absolute Gasteiger partial charge is 1.00 e. The van der Waals surface area contributed by atoms with Crippen molar-refractivity contribution in [3.63, 3.8) is 0 Å². The number of fused-ring (bicyclic) bond motifs is 6. The summed E-state index contributed by atoms with van der Waals surface area (Å²) >= 11 is 3.09. The molecule has 3 radical (unpaired) electrons. The zero-order valence-corrected chi connectivity index (χ0v) is 93.1. The van der Waals surface area contributed by atoms with Crippen LogP contribution in [-0.2, 0) is 41.7 Å². The van der Waals surface area contributed by atoms with E-state index in [4.69, 9.17) is 34.2 Å². The van der Waals surface area contributed by atoms with E-state index in [9.17, 15) is 19.5 Å². The Morgan fingerprint density at radius 3 is 1.07 bits per heavy atom. The maximum Gasteiger partial charge on any atom is 1.00 e. The van der Waals surface area contributed by atoms with Gasteiger partial charge in [0.05, 0.1) is 30.1 Å². The number of carboxylic acid groups (broad SMARTS) is 1. The molecule has 3 aliphatic heterocycles. The van der Waals surface area contributed by atoms with Gasteiger partial charge in [0.1, 0.15) is 34.4 Å². The smallest absolute Gasteiger partial charge is 1.00 e. The number of rotatable bonds is 12. The van der Waals surface area contributed by atoms with E-state index in [1.807, 2.05) is 42.9 Å². The van der Waals surface area contributed by atoms with Crippen molar-refractivity contribution >= 4 is 151 Å². The Morgan fingerprint density at radius 2 is 0.746 bits per heavy atom. The predicted molar refractivity (Wildman–Crippen MR) is 504 cm³/mol. The van der Waals surface area contributed by atoms with Gasteiger partial charge in [-0.15, -0.1) is 0 Å². The van der Waals surface area contributed by atoms with Gasteiger partial charge in [0.15, 0.2) is 62.0 Å². The minimum atomic E-state index is -3.04. The van der Waals surface area contributed by atoms with Crippen molar-refractivity contribution in [1.82, 2.24) is 42.6 Å². The second-order valence-corrected chi connectivity index (χ2v) is 71.6. The van der Waals surface area contributed by atoms with Gasteiger partial charge in [-0.3, -0.25) is 9.59 Å². The fraction of sp³-hybridized carbons (Fsp3) is 0.541. The molecular weight excluding hydrogens is 1780 g/mol. The minimum absolute atomic E-state index is 0. The molecular formula is C85H140BBrClN12Na3O12PSi6. The zero-order chi connectivity index (χ0) is 88.5.